The summed E-state index contributed by atoms with van der Waals surface area (Å²) >= 11 is 7.27. The van der Waals surface area contributed by atoms with Crippen LogP contribution in [0.15, 0.2) is 65.7 Å². The summed E-state index contributed by atoms with van der Waals surface area (Å²) in [5.41, 5.74) is 7.07. The summed E-state index contributed by atoms with van der Waals surface area (Å²) in [5.74, 6) is 1.09. The van der Waals surface area contributed by atoms with Crippen LogP contribution in [0.2, 0.25) is 5.02 Å². The molecule has 274 valence electrons. The van der Waals surface area contributed by atoms with Gasteiger partial charge in [0.25, 0.3) is 5.56 Å². The molecular formula is C40H43ClN8O4. The van der Waals surface area contributed by atoms with Gasteiger partial charge in [0, 0.05) is 80.3 Å². The quantitative estimate of drug-likeness (QED) is 0.180. The maximum Gasteiger partial charge on any atom is 0.317 e. The first-order valence-electron chi connectivity index (χ1n) is 18.0. The van der Waals surface area contributed by atoms with Crippen LogP contribution in [0.5, 0.6) is 5.88 Å². The van der Waals surface area contributed by atoms with E-state index in [1.165, 1.54) is 10.2 Å². The third-order valence-electron chi connectivity index (χ3n) is 11.2. The molecule has 13 heteroatoms. The number of rotatable bonds is 9. The average molecular weight is 735 g/mol. The number of nitrogens with zero attached hydrogens (tertiary/aromatic N) is 6. The SMILES string of the molecule is COCCN1CC[C@@]2(CCN([C@H]3CCc4cc(-c5cccc(-c6cccc(Nc7nccc8cnn(C)c(=O)c78)c6C)c5Cl)nc(OC)c43)C2)NC1=O. The van der Waals surface area contributed by atoms with Crippen molar-refractivity contribution in [1.29, 1.82) is 0 Å². The third-order valence-corrected chi connectivity index (χ3v) is 11.7. The fraction of sp³-hybridized carbons (Fsp3) is 0.375. The van der Waals surface area contributed by atoms with Crippen molar-refractivity contribution in [1.82, 2.24) is 34.9 Å². The maximum absolute atomic E-state index is 13.0. The van der Waals surface area contributed by atoms with Crippen LogP contribution in [0.25, 0.3) is 33.2 Å². The molecule has 2 aromatic carbocycles. The van der Waals surface area contributed by atoms with Crippen LogP contribution in [0.1, 0.15) is 42.0 Å². The molecule has 1 aliphatic carbocycles. The van der Waals surface area contributed by atoms with E-state index in [2.05, 4.69) is 31.7 Å². The molecule has 8 rings (SSSR count). The first-order chi connectivity index (χ1) is 25.7. The number of hydrogen-bond donors (Lipinski definition) is 2. The zero-order valence-electron chi connectivity index (χ0n) is 30.4. The van der Waals surface area contributed by atoms with Gasteiger partial charge >= 0.3 is 6.03 Å². The molecule has 2 amide bonds. The highest BCUT2D eigenvalue weighted by Gasteiger charge is 2.46. The highest BCUT2D eigenvalue weighted by molar-refractivity contribution is 6.36. The third kappa shape index (κ3) is 6.28. The number of aromatic nitrogens is 4. The molecule has 2 N–H and O–H groups in total. The minimum atomic E-state index is -0.223. The van der Waals surface area contributed by atoms with Crippen molar-refractivity contribution < 1.29 is 14.3 Å². The van der Waals surface area contributed by atoms with Crippen molar-refractivity contribution >= 4 is 39.9 Å². The molecule has 2 atom stereocenters. The number of hydrogen-bond acceptors (Lipinski definition) is 9. The van der Waals surface area contributed by atoms with Crippen LogP contribution in [0, 0.1) is 6.92 Å². The molecule has 0 saturated carbocycles. The molecule has 0 unspecified atom stereocenters. The number of carbonyl (C=O) groups is 1. The van der Waals surface area contributed by atoms with E-state index in [1.807, 2.05) is 48.2 Å². The van der Waals surface area contributed by atoms with Gasteiger partial charge in [-0.1, -0.05) is 41.9 Å². The predicted molar refractivity (Wildman–Crippen MR) is 206 cm³/mol. The highest BCUT2D eigenvalue weighted by atomic mass is 35.5. The number of amides is 2. The van der Waals surface area contributed by atoms with Gasteiger partial charge in [-0.3, -0.25) is 9.69 Å². The minimum Gasteiger partial charge on any atom is -0.481 e. The molecule has 53 heavy (non-hydrogen) atoms. The minimum absolute atomic E-state index is 0.00478. The van der Waals surface area contributed by atoms with Crippen molar-refractivity contribution in [2.45, 2.75) is 44.2 Å². The Bertz CT molecular complexity index is 2300. The number of methoxy groups -OCH3 is 2. The van der Waals surface area contributed by atoms with Crippen molar-refractivity contribution in [3.05, 3.63) is 93.0 Å². The van der Waals surface area contributed by atoms with Gasteiger partial charge in [-0.15, -0.1) is 0 Å². The smallest absolute Gasteiger partial charge is 0.317 e. The van der Waals surface area contributed by atoms with E-state index < -0.39 is 0 Å². The molecule has 0 bridgehead atoms. The van der Waals surface area contributed by atoms with Crippen LogP contribution < -0.4 is 20.9 Å². The van der Waals surface area contributed by atoms with Gasteiger partial charge in [0.15, 0.2) is 0 Å². The molecule has 2 saturated heterocycles. The van der Waals surface area contributed by atoms with Crippen LogP contribution in [-0.2, 0) is 18.2 Å². The summed E-state index contributed by atoms with van der Waals surface area (Å²) in [6.07, 6.45) is 7.03. The fourth-order valence-corrected chi connectivity index (χ4v) is 8.67. The number of aryl methyl sites for hydroxylation is 2. The summed E-state index contributed by atoms with van der Waals surface area (Å²) in [6.45, 7) is 5.61. The standard InChI is InChI=1S/C40H43ClN8O4/c1-24-27(7-6-10-30(24)44-36-34-26(13-16-42-36)22-43-47(2)38(34)50)28-8-5-9-29(35(28)41)31-21-25-11-12-32(33(25)37(45-31)53-4)49-18-15-40(23-49)14-17-48(19-20-52-3)39(51)46-40/h5-10,13,16,21-22,32H,11-12,14-15,17-20,23H2,1-4H3,(H,42,44)(H,46,51)/t32-,40-/m0/s1. The molecule has 2 fully saturated rings. The lowest BCUT2D eigenvalue weighted by molar-refractivity contribution is 0.114. The zero-order valence-corrected chi connectivity index (χ0v) is 31.2. The molecule has 3 aliphatic rings. The summed E-state index contributed by atoms with van der Waals surface area (Å²) in [5, 5.41) is 12.7. The lowest BCUT2D eigenvalue weighted by Gasteiger charge is -2.40. The predicted octanol–water partition coefficient (Wildman–Crippen LogP) is 6.27. The first-order valence-corrected chi connectivity index (χ1v) is 18.4. The van der Waals surface area contributed by atoms with E-state index in [9.17, 15) is 9.59 Å². The second-order valence-electron chi connectivity index (χ2n) is 14.3. The largest absolute Gasteiger partial charge is 0.481 e. The molecule has 12 nitrogen and oxygen atoms in total. The Balaban J connectivity index is 1.07. The van der Waals surface area contributed by atoms with E-state index in [4.69, 9.17) is 26.1 Å². The van der Waals surface area contributed by atoms with E-state index in [-0.39, 0.29) is 23.2 Å². The van der Waals surface area contributed by atoms with Gasteiger partial charge in [-0.25, -0.2) is 19.4 Å². The summed E-state index contributed by atoms with van der Waals surface area (Å²) < 4.78 is 12.5. The van der Waals surface area contributed by atoms with Crippen molar-refractivity contribution in [3.63, 3.8) is 0 Å². The molecule has 1 spiro atoms. The van der Waals surface area contributed by atoms with Crippen molar-refractivity contribution in [2.24, 2.45) is 7.05 Å². The van der Waals surface area contributed by atoms with Gasteiger partial charge in [-0.2, -0.15) is 5.10 Å². The number of benzene rings is 2. The topological polar surface area (TPSA) is 127 Å². The summed E-state index contributed by atoms with van der Waals surface area (Å²) in [7, 11) is 4.97. The number of ether oxygens (including phenoxy) is 2. The first kappa shape index (κ1) is 35.0. The number of nitrogens with one attached hydrogen (secondary N) is 2. The Morgan fingerprint density at radius 1 is 1.06 bits per heavy atom. The van der Waals surface area contributed by atoms with Crippen LogP contribution in [0.3, 0.4) is 0 Å². The van der Waals surface area contributed by atoms with E-state index >= 15 is 0 Å². The number of pyridine rings is 2. The Morgan fingerprint density at radius 2 is 1.85 bits per heavy atom. The molecule has 5 heterocycles. The van der Waals surface area contributed by atoms with Crippen molar-refractivity contribution in [3.8, 4) is 28.3 Å². The number of urea groups is 1. The van der Waals surface area contributed by atoms with Gasteiger partial charge < -0.3 is 25.0 Å². The summed E-state index contributed by atoms with van der Waals surface area (Å²) in [6, 6.07) is 16.1. The Kier molecular flexibility index (Phi) is 9.30. The fourth-order valence-electron chi connectivity index (χ4n) is 8.35. The van der Waals surface area contributed by atoms with E-state index in [0.717, 1.165) is 84.5 Å². The van der Waals surface area contributed by atoms with Gasteiger partial charge in [0.1, 0.15) is 5.82 Å². The molecule has 0 radical (unpaired) electrons. The summed E-state index contributed by atoms with van der Waals surface area (Å²) in [4.78, 5) is 39.9. The number of carbonyl (C=O) groups excluding carboxylic acids is 1. The number of anilines is 2. The van der Waals surface area contributed by atoms with E-state index in [1.54, 1.807) is 39.7 Å². The Hall–Kier alpha value is -5.04. The second kappa shape index (κ2) is 14.1. The lowest BCUT2D eigenvalue weighted by Crippen LogP contribution is -2.61. The second-order valence-corrected chi connectivity index (χ2v) is 14.7. The number of likely N-dealkylation sites (tertiary alicyclic amines) is 1. The van der Waals surface area contributed by atoms with Gasteiger partial charge in [0.05, 0.1) is 41.6 Å². The highest BCUT2D eigenvalue weighted by Crippen LogP contribution is 2.47. The van der Waals surface area contributed by atoms with Crippen molar-refractivity contribution in [2.75, 3.05) is 52.3 Å². The van der Waals surface area contributed by atoms with Crippen LogP contribution in [0.4, 0.5) is 16.3 Å². The normalized spacial score (nSPS) is 19.9. The average Bonchev–Trinajstić information content (AvgIpc) is 3.78. The Morgan fingerprint density at radius 3 is 2.66 bits per heavy atom. The molecule has 2 aliphatic heterocycles. The van der Waals surface area contributed by atoms with Crippen LogP contribution >= 0.6 is 11.6 Å². The number of halogens is 1. The van der Waals surface area contributed by atoms with Crippen LogP contribution in [-0.4, -0.2) is 88.1 Å². The lowest BCUT2D eigenvalue weighted by atomic mass is 9.92. The van der Waals surface area contributed by atoms with Gasteiger partial charge in [0.2, 0.25) is 5.88 Å². The maximum atomic E-state index is 13.0. The number of fused-ring (bicyclic) bond motifs is 2. The zero-order chi connectivity index (χ0) is 36.9. The van der Waals surface area contributed by atoms with Gasteiger partial charge in [-0.05, 0) is 67.5 Å². The molecule has 3 aromatic heterocycles. The Labute approximate surface area is 313 Å². The molecule has 5 aromatic rings. The molecular weight excluding hydrogens is 692 g/mol. The van der Waals surface area contributed by atoms with E-state index in [0.29, 0.717) is 40.6 Å². The monoisotopic (exact) mass is 734 g/mol.